The van der Waals surface area contributed by atoms with Gasteiger partial charge in [-0.2, -0.15) is 0 Å². The van der Waals surface area contributed by atoms with E-state index in [2.05, 4.69) is 38.2 Å². The summed E-state index contributed by atoms with van der Waals surface area (Å²) < 4.78 is 5.91. The summed E-state index contributed by atoms with van der Waals surface area (Å²) in [5.74, 6) is -0.471. The van der Waals surface area contributed by atoms with Crippen LogP contribution < -0.4 is 5.32 Å². The zero-order valence-corrected chi connectivity index (χ0v) is 38.5. The number of hydrogen-bond donors (Lipinski definition) is 3. The molecule has 3 atom stereocenters. The molecule has 1 amide bonds. The third kappa shape index (κ3) is 41.1. The van der Waals surface area contributed by atoms with Crippen LogP contribution in [0.2, 0.25) is 0 Å². The van der Waals surface area contributed by atoms with Crippen LogP contribution in [0, 0.1) is 0 Å². The molecule has 0 bridgehead atoms. The quantitative estimate of drug-likeness (QED) is 0.0323. The first-order valence-corrected chi connectivity index (χ1v) is 25.4. The number of ether oxygens (including phenoxy) is 1. The van der Waals surface area contributed by atoms with E-state index in [1.165, 1.54) is 180 Å². The second-order valence-electron chi connectivity index (χ2n) is 17.6. The number of esters is 1. The van der Waals surface area contributed by atoms with Gasteiger partial charge in [-0.25, -0.2) is 0 Å². The number of unbranched alkanes of at least 4 members (excludes halogenated alkanes) is 32. The molecule has 0 aliphatic heterocycles. The van der Waals surface area contributed by atoms with Crippen molar-refractivity contribution in [3.05, 3.63) is 12.2 Å². The molecule has 0 aromatic heterocycles. The molecule has 0 aromatic rings. The van der Waals surface area contributed by atoms with Crippen molar-refractivity contribution < 1.29 is 24.5 Å². The number of carbonyl (C=O) groups excluding carboxylic acids is 2. The predicted octanol–water partition coefficient (Wildman–Crippen LogP) is 15.0. The van der Waals surface area contributed by atoms with Crippen molar-refractivity contribution in [2.24, 2.45) is 0 Å². The SMILES string of the molecule is CCCC/C=C\CCCCCCCC(=O)OC(CCCCCCCCCCCCC)CC(=O)NC(CO)C(O)CCCCCCCCCCCCCCCCCC. The standard InChI is InChI=1S/C51H99NO5/c1-4-7-10-13-16-19-22-23-24-25-26-29-31-34-37-40-43-49(54)48(46-53)52-50(55)45-47(42-39-36-33-30-27-20-17-14-11-8-5-2)57-51(56)44-41-38-35-32-28-21-18-15-12-9-6-3/h15,18,47-49,53-54H,4-14,16-17,19-46H2,1-3H3,(H,52,55)/b18-15-. The van der Waals surface area contributed by atoms with Gasteiger partial charge >= 0.3 is 5.97 Å². The lowest BCUT2D eigenvalue weighted by Crippen LogP contribution is -2.46. The highest BCUT2D eigenvalue weighted by Crippen LogP contribution is 2.18. The monoisotopic (exact) mass is 806 g/mol. The molecule has 3 unspecified atom stereocenters. The van der Waals surface area contributed by atoms with Crippen molar-refractivity contribution in [3.63, 3.8) is 0 Å². The highest BCUT2D eigenvalue weighted by molar-refractivity contribution is 5.77. The second kappa shape index (κ2) is 45.7. The van der Waals surface area contributed by atoms with Crippen LogP contribution in [0.3, 0.4) is 0 Å². The third-order valence-corrected chi connectivity index (χ3v) is 11.8. The molecule has 0 aromatic carbocycles. The molecule has 3 N–H and O–H groups in total. The molecular formula is C51H99NO5. The lowest BCUT2D eigenvalue weighted by atomic mass is 10.0. The number of aliphatic hydroxyl groups is 2. The molecule has 0 heterocycles. The van der Waals surface area contributed by atoms with Crippen molar-refractivity contribution >= 4 is 11.9 Å². The Labute approximate surface area is 355 Å². The van der Waals surface area contributed by atoms with Crippen LogP contribution in [0.5, 0.6) is 0 Å². The number of allylic oxidation sites excluding steroid dienone is 2. The number of nitrogens with one attached hydrogen (secondary N) is 1. The molecule has 338 valence electrons. The van der Waals surface area contributed by atoms with E-state index in [0.29, 0.717) is 19.3 Å². The van der Waals surface area contributed by atoms with Gasteiger partial charge < -0.3 is 20.3 Å². The fourth-order valence-electron chi connectivity index (χ4n) is 7.94. The Bertz CT molecular complexity index is 863. The molecule has 0 saturated carbocycles. The number of hydrogen-bond acceptors (Lipinski definition) is 5. The summed E-state index contributed by atoms with van der Waals surface area (Å²) >= 11 is 0. The van der Waals surface area contributed by atoms with Crippen LogP contribution >= 0.6 is 0 Å². The predicted molar refractivity (Wildman–Crippen MR) is 246 cm³/mol. The van der Waals surface area contributed by atoms with E-state index in [9.17, 15) is 19.8 Å². The van der Waals surface area contributed by atoms with Crippen LogP contribution in [0.25, 0.3) is 0 Å². The van der Waals surface area contributed by atoms with E-state index in [0.717, 1.165) is 51.4 Å². The largest absolute Gasteiger partial charge is 0.462 e. The molecule has 0 saturated heterocycles. The minimum absolute atomic E-state index is 0.0809. The van der Waals surface area contributed by atoms with E-state index in [1.807, 2.05) is 0 Å². The Hall–Kier alpha value is -1.40. The van der Waals surface area contributed by atoms with Gasteiger partial charge in [0.1, 0.15) is 6.10 Å². The molecule has 0 rings (SSSR count). The Morgan fingerprint density at radius 2 is 0.860 bits per heavy atom. The van der Waals surface area contributed by atoms with Gasteiger partial charge in [-0.15, -0.1) is 0 Å². The van der Waals surface area contributed by atoms with Gasteiger partial charge in [0.05, 0.1) is 25.2 Å². The van der Waals surface area contributed by atoms with Crippen molar-refractivity contribution in [2.45, 2.75) is 296 Å². The first-order chi connectivity index (χ1) is 28.0. The zero-order chi connectivity index (χ0) is 41.7. The molecule has 57 heavy (non-hydrogen) atoms. The fraction of sp³-hybridized carbons (Fsp3) is 0.922. The summed E-state index contributed by atoms with van der Waals surface area (Å²) in [4.78, 5) is 26.0. The van der Waals surface area contributed by atoms with Gasteiger partial charge in [0.25, 0.3) is 0 Å². The van der Waals surface area contributed by atoms with Gasteiger partial charge in [-0.1, -0.05) is 232 Å². The van der Waals surface area contributed by atoms with E-state index >= 15 is 0 Å². The van der Waals surface area contributed by atoms with Crippen molar-refractivity contribution in [2.75, 3.05) is 6.61 Å². The van der Waals surface area contributed by atoms with Crippen LogP contribution in [0.15, 0.2) is 12.2 Å². The lowest BCUT2D eigenvalue weighted by molar-refractivity contribution is -0.151. The van der Waals surface area contributed by atoms with Gasteiger partial charge in [-0.3, -0.25) is 9.59 Å². The molecule has 0 spiro atoms. The maximum absolute atomic E-state index is 13.2. The smallest absolute Gasteiger partial charge is 0.306 e. The van der Waals surface area contributed by atoms with Gasteiger partial charge in [0.15, 0.2) is 0 Å². The maximum atomic E-state index is 13.2. The van der Waals surface area contributed by atoms with E-state index < -0.39 is 18.2 Å². The molecule has 6 nitrogen and oxygen atoms in total. The number of carbonyl (C=O) groups is 2. The first kappa shape index (κ1) is 55.6. The summed E-state index contributed by atoms with van der Waals surface area (Å²) in [6, 6.07) is -0.695. The summed E-state index contributed by atoms with van der Waals surface area (Å²) in [7, 11) is 0. The summed E-state index contributed by atoms with van der Waals surface area (Å²) in [6.45, 7) is 6.46. The van der Waals surface area contributed by atoms with E-state index in [1.54, 1.807) is 0 Å². The van der Waals surface area contributed by atoms with Crippen molar-refractivity contribution in [1.29, 1.82) is 0 Å². The van der Waals surface area contributed by atoms with Crippen LogP contribution in [-0.4, -0.2) is 46.9 Å². The van der Waals surface area contributed by atoms with Crippen molar-refractivity contribution in [1.82, 2.24) is 5.32 Å². The Kier molecular flexibility index (Phi) is 44.6. The number of amides is 1. The fourth-order valence-corrected chi connectivity index (χ4v) is 7.94. The average Bonchev–Trinajstić information content (AvgIpc) is 3.20. The molecular weight excluding hydrogens is 707 g/mol. The molecule has 0 aliphatic carbocycles. The van der Waals surface area contributed by atoms with E-state index in [4.69, 9.17) is 4.74 Å². The molecule has 6 heteroatoms. The topological polar surface area (TPSA) is 95.9 Å². The number of rotatable bonds is 46. The Morgan fingerprint density at radius 3 is 1.30 bits per heavy atom. The van der Waals surface area contributed by atoms with Gasteiger partial charge in [0.2, 0.25) is 5.91 Å². The summed E-state index contributed by atoms with van der Waals surface area (Å²) in [5.41, 5.74) is 0. The van der Waals surface area contributed by atoms with Crippen LogP contribution in [-0.2, 0) is 14.3 Å². The minimum atomic E-state index is -0.782. The summed E-state index contributed by atoms with van der Waals surface area (Å²) in [6.07, 6.45) is 49.8. The zero-order valence-electron chi connectivity index (χ0n) is 38.5. The normalized spacial score (nSPS) is 13.3. The Balaban J connectivity index is 4.46. The van der Waals surface area contributed by atoms with E-state index in [-0.39, 0.29) is 24.9 Å². The minimum Gasteiger partial charge on any atom is -0.462 e. The highest BCUT2D eigenvalue weighted by Gasteiger charge is 2.24. The van der Waals surface area contributed by atoms with Crippen LogP contribution in [0.4, 0.5) is 0 Å². The second-order valence-corrected chi connectivity index (χ2v) is 17.6. The third-order valence-electron chi connectivity index (χ3n) is 11.8. The number of aliphatic hydroxyl groups excluding tert-OH is 2. The van der Waals surface area contributed by atoms with Crippen LogP contribution in [0.1, 0.15) is 278 Å². The van der Waals surface area contributed by atoms with Gasteiger partial charge in [0, 0.05) is 6.42 Å². The van der Waals surface area contributed by atoms with Crippen molar-refractivity contribution in [3.8, 4) is 0 Å². The average molecular weight is 806 g/mol. The maximum Gasteiger partial charge on any atom is 0.306 e. The molecule has 0 fully saturated rings. The molecule has 0 radical (unpaired) electrons. The first-order valence-electron chi connectivity index (χ1n) is 25.4. The highest BCUT2D eigenvalue weighted by atomic mass is 16.5. The van der Waals surface area contributed by atoms with Gasteiger partial charge in [-0.05, 0) is 44.9 Å². The molecule has 0 aliphatic rings. The summed E-state index contributed by atoms with van der Waals surface area (Å²) in [5, 5.41) is 23.8. The Morgan fingerprint density at radius 1 is 0.491 bits per heavy atom. The lowest BCUT2D eigenvalue weighted by Gasteiger charge is -2.24.